The van der Waals surface area contributed by atoms with Crippen LogP contribution in [0.2, 0.25) is 0 Å². The predicted octanol–water partition coefficient (Wildman–Crippen LogP) is 7.13. The highest BCUT2D eigenvalue weighted by Gasteiger charge is 2.36. The zero-order valence-corrected chi connectivity index (χ0v) is 20.9. The first-order valence-electron chi connectivity index (χ1n) is 12.4. The highest BCUT2D eigenvalue weighted by atomic mass is 19.4. The Bertz CT molecular complexity index is 1640. The van der Waals surface area contributed by atoms with Crippen LogP contribution in [0.4, 0.5) is 23.7 Å². The Hall–Kier alpha value is -4.79. The number of nitrogens with zero attached hydrogens (tertiary/aromatic N) is 4. The number of hydrogen-bond acceptors (Lipinski definition) is 2. The highest BCUT2D eigenvalue weighted by molar-refractivity contribution is 5.90. The molecule has 0 saturated heterocycles. The zero-order chi connectivity index (χ0) is 27.1. The lowest BCUT2D eigenvalue weighted by Gasteiger charge is -2.31. The normalized spacial score (nSPS) is 14.9. The van der Waals surface area contributed by atoms with Crippen LogP contribution in [0.5, 0.6) is 0 Å². The van der Waals surface area contributed by atoms with Gasteiger partial charge in [-0.15, -0.1) is 0 Å². The van der Waals surface area contributed by atoms with Gasteiger partial charge >= 0.3 is 12.2 Å². The zero-order valence-electron chi connectivity index (χ0n) is 20.9. The molecule has 0 fully saturated rings. The maximum Gasteiger partial charge on any atom is 0.416 e. The van der Waals surface area contributed by atoms with Crippen LogP contribution in [0, 0.1) is 6.92 Å². The van der Waals surface area contributed by atoms with E-state index in [2.05, 4.69) is 5.32 Å². The summed E-state index contributed by atoms with van der Waals surface area (Å²) in [5.41, 5.74) is 3.41. The molecule has 5 aromatic rings. The van der Waals surface area contributed by atoms with Crippen molar-refractivity contribution in [2.24, 2.45) is 0 Å². The molecule has 3 aromatic carbocycles. The summed E-state index contributed by atoms with van der Waals surface area (Å²) in [4.78, 5) is 15.5. The smallest absolute Gasteiger partial charge is 0.308 e. The van der Waals surface area contributed by atoms with Crippen molar-refractivity contribution in [2.75, 3.05) is 5.32 Å². The van der Waals surface area contributed by atoms with Crippen molar-refractivity contribution in [2.45, 2.75) is 25.7 Å². The number of rotatable bonds is 3. The van der Waals surface area contributed by atoms with Gasteiger partial charge in [-0.05, 0) is 55.0 Å². The van der Waals surface area contributed by atoms with Crippen LogP contribution in [0.3, 0.4) is 0 Å². The van der Waals surface area contributed by atoms with E-state index in [1.165, 1.54) is 12.1 Å². The van der Waals surface area contributed by atoms with E-state index in [-0.39, 0.29) is 12.2 Å². The van der Waals surface area contributed by atoms with Gasteiger partial charge in [-0.3, -0.25) is 0 Å². The Morgan fingerprint density at radius 3 is 2.36 bits per heavy atom. The first-order chi connectivity index (χ1) is 18.8. The third kappa shape index (κ3) is 4.46. The lowest BCUT2D eigenvalue weighted by molar-refractivity contribution is -0.137. The number of benzene rings is 3. The SMILES string of the molecule is Cc1nn(-c2ccccc2)c2c1CN(C(=O)Nc1cccc(C(F)(F)F)c1)[C@@H](c1ccccc1)c1cccn1-2. The van der Waals surface area contributed by atoms with Crippen LogP contribution in [0.15, 0.2) is 103 Å². The van der Waals surface area contributed by atoms with Crippen molar-refractivity contribution >= 4 is 11.7 Å². The molecule has 1 atom stereocenters. The molecule has 6 rings (SSSR count). The molecule has 0 bridgehead atoms. The number of aromatic nitrogens is 3. The second kappa shape index (κ2) is 9.50. The number of aryl methyl sites for hydroxylation is 1. The molecule has 196 valence electrons. The van der Waals surface area contributed by atoms with Crippen molar-refractivity contribution in [3.8, 4) is 11.5 Å². The fourth-order valence-electron chi connectivity index (χ4n) is 5.10. The maximum absolute atomic E-state index is 13.9. The van der Waals surface area contributed by atoms with Gasteiger partial charge in [0, 0.05) is 17.4 Å². The van der Waals surface area contributed by atoms with Crippen LogP contribution in [0.25, 0.3) is 11.5 Å². The van der Waals surface area contributed by atoms with Gasteiger partial charge in [0.2, 0.25) is 0 Å². The van der Waals surface area contributed by atoms with E-state index in [1.807, 2.05) is 95.2 Å². The van der Waals surface area contributed by atoms with Crippen molar-refractivity contribution in [1.82, 2.24) is 19.2 Å². The Morgan fingerprint density at radius 1 is 0.923 bits per heavy atom. The number of fused-ring (bicyclic) bond motifs is 3. The van der Waals surface area contributed by atoms with Gasteiger partial charge < -0.3 is 14.8 Å². The average molecular weight is 528 g/mol. The van der Waals surface area contributed by atoms with E-state index >= 15 is 0 Å². The highest BCUT2D eigenvalue weighted by Crippen LogP contribution is 2.39. The van der Waals surface area contributed by atoms with E-state index in [4.69, 9.17) is 5.10 Å². The summed E-state index contributed by atoms with van der Waals surface area (Å²) in [6.45, 7) is 2.09. The Kier molecular flexibility index (Phi) is 5.98. The van der Waals surface area contributed by atoms with Crippen molar-refractivity contribution in [1.29, 1.82) is 0 Å². The van der Waals surface area contributed by atoms with Crippen LogP contribution in [0.1, 0.15) is 34.1 Å². The molecule has 1 N–H and O–H groups in total. The van der Waals surface area contributed by atoms with Crippen LogP contribution >= 0.6 is 0 Å². The summed E-state index contributed by atoms with van der Waals surface area (Å²) >= 11 is 0. The molecule has 2 amide bonds. The topological polar surface area (TPSA) is 55.1 Å². The molecule has 0 saturated carbocycles. The molecular formula is C30H24F3N5O. The fraction of sp³-hybridized carbons (Fsp3) is 0.133. The third-order valence-corrected chi connectivity index (χ3v) is 6.90. The van der Waals surface area contributed by atoms with Gasteiger partial charge in [0.25, 0.3) is 0 Å². The lowest BCUT2D eigenvalue weighted by atomic mass is 10.0. The van der Waals surface area contributed by atoms with Gasteiger partial charge in [0.15, 0.2) is 0 Å². The number of urea groups is 1. The number of nitrogens with one attached hydrogen (secondary N) is 1. The molecule has 3 heterocycles. The molecule has 0 aliphatic carbocycles. The first kappa shape index (κ1) is 24.5. The molecule has 0 radical (unpaired) electrons. The molecule has 2 aromatic heterocycles. The van der Waals surface area contributed by atoms with Gasteiger partial charge in [0.1, 0.15) is 5.82 Å². The van der Waals surface area contributed by atoms with Crippen molar-refractivity contribution < 1.29 is 18.0 Å². The minimum atomic E-state index is -4.52. The minimum absolute atomic E-state index is 0.0678. The monoisotopic (exact) mass is 527 g/mol. The van der Waals surface area contributed by atoms with E-state index in [1.54, 1.807) is 4.90 Å². The average Bonchev–Trinajstić information content (AvgIpc) is 3.49. The van der Waals surface area contributed by atoms with Crippen molar-refractivity contribution in [3.05, 3.63) is 131 Å². The van der Waals surface area contributed by atoms with Gasteiger partial charge in [0.05, 0.1) is 35.2 Å². The third-order valence-electron chi connectivity index (χ3n) is 6.90. The molecular weight excluding hydrogens is 503 g/mol. The Balaban J connectivity index is 1.49. The summed E-state index contributed by atoms with van der Waals surface area (Å²) in [5.74, 6) is 0.814. The van der Waals surface area contributed by atoms with Crippen LogP contribution < -0.4 is 5.32 Å². The number of hydrogen-bond donors (Lipinski definition) is 1. The summed E-state index contributed by atoms with van der Waals surface area (Å²) in [5, 5.41) is 7.52. The van der Waals surface area contributed by atoms with Crippen LogP contribution in [-0.4, -0.2) is 25.3 Å². The minimum Gasteiger partial charge on any atom is -0.308 e. The van der Waals surface area contributed by atoms with E-state index < -0.39 is 23.8 Å². The van der Waals surface area contributed by atoms with E-state index in [0.29, 0.717) is 0 Å². The van der Waals surface area contributed by atoms with E-state index in [0.717, 1.165) is 46.2 Å². The second-order valence-corrected chi connectivity index (χ2v) is 9.39. The Labute approximate surface area is 222 Å². The van der Waals surface area contributed by atoms with E-state index in [9.17, 15) is 18.0 Å². The van der Waals surface area contributed by atoms with Crippen LogP contribution in [-0.2, 0) is 12.7 Å². The lowest BCUT2D eigenvalue weighted by Crippen LogP contribution is -2.38. The van der Waals surface area contributed by atoms with Crippen molar-refractivity contribution in [3.63, 3.8) is 0 Å². The Morgan fingerprint density at radius 2 is 1.64 bits per heavy atom. The predicted molar refractivity (Wildman–Crippen MR) is 142 cm³/mol. The quantitative estimate of drug-likeness (QED) is 0.271. The number of halogens is 3. The molecule has 39 heavy (non-hydrogen) atoms. The first-order valence-corrected chi connectivity index (χ1v) is 12.4. The summed E-state index contributed by atoms with van der Waals surface area (Å²) in [6.07, 6.45) is -2.58. The number of para-hydroxylation sites is 1. The summed E-state index contributed by atoms with van der Waals surface area (Å²) in [6, 6.07) is 26.8. The number of anilines is 1. The molecule has 1 aliphatic heterocycles. The second-order valence-electron chi connectivity index (χ2n) is 9.39. The standard InChI is InChI=1S/C30H24F3N5O/c1-20-25-19-37(29(39)34-23-13-8-12-22(18-23)30(31,32)33)27(21-10-4-2-5-11-21)26-16-9-17-36(26)28(25)38(35-20)24-14-6-3-7-15-24/h2-18,27H,19H2,1H3,(H,34,39)/t27-/m0/s1. The molecule has 9 heteroatoms. The number of amides is 2. The number of alkyl halides is 3. The summed E-state index contributed by atoms with van der Waals surface area (Å²) in [7, 11) is 0. The summed E-state index contributed by atoms with van der Waals surface area (Å²) < 4.78 is 43.9. The maximum atomic E-state index is 13.9. The molecule has 6 nitrogen and oxygen atoms in total. The van der Waals surface area contributed by atoms with Gasteiger partial charge in [-0.2, -0.15) is 18.3 Å². The fourth-order valence-corrected chi connectivity index (χ4v) is 5.10. The molecule has 1 aliphatic rings. The number of carbonyl (C=O) groups excluding carboxylic acids is 1. The number of carbonyl (C=O) groups is 1. The van der Waals surface area contributed by atoms with Gasteiger partial charge in [-0.25, -0.2) is 9.48 Å². The molecule has 0 spiro atoms. The largest absolute Gasteiger partial charge is 0.416 e. The van der Waals surface area contributed by atoms with Gasteiger partial charge in [-0.1, -0.05) is 54.6 Å². The molecule has 0 unspecified atom stereocenters.